The van der Waals surface area contributed by atoms with Crippen LogP contribution in [0.15, 0.2) is 60.4 Å². The van der Waals surface area contributed by atoms with E-state index in [2.05, 4.69) is 25.0 Å². The summed E-state index contributed by atoms with van der Waals surface area (Å²) < 4.78 is 5.00. The average molecular weight is 344 g/mol. The van der Waals surface area contributed by atoms with E-state index in [9.17, 15) is 9.90 Å². The van der Waals surface area contributed by atoms with Crippen molar-refractivity contribution in [1.29, 1.82) is 0 Å². The van der Waals surface area contributed by atoms with Crippen LogP contribution in [0.4, 0.5) is 0 Å². The van der Waals surface area contributed by atoms with E-state index in [0.717, 1.165) is 5.56 Å². The highest BCUT2D eigenvalue weighted by Gasteiger charge is 2.41. The second kappa shape index (κ2) is 7.59. The van der Waals surface area contributed by atoms with Gasteiger partial charge in [0.25, 0.3) is 0 Å². The molecule has 24 heavy (non-hydrogen) atoms. The first-order chi connectivity index (χ1) is 11.4. The summed E-state index contributed by atoms with van der Waals surface area (Å²) in [5, 5.41) is 10.8. The Bertz CT molecular complexity index is 721. The molecule has 1 N–H and O–H groups in total. The van der Waals surface area contributed by atoms with Crippen LogP contribution in [0.25, 0.3) is 5.76 Å². The number of pyridine rings is 1. The lowest BCUT2D eigenvalue weighted by Gasteiger charge is -2.27. The molecule has 2 aromatic rings. The Morgan fingerprint density at radius 2 is 1.67 bits per heavy atom. The van der Waals surface area contributed by atoms with Crippen LogP contribution in [-0.2, 0) is 9.53 Å². The topological polar surface area (TPSA) is 59.4 Å². The molecule has 0 radical (unpaired) electrons. The molecule has 0 aliphatic heterocycles. The minimum Gasteiger partial charge on any atom is -0.507 e. The molecule has 4 nitrogen and oxygen atoms in total. The van der Waals surface area contributed by atoms with Crippen molar-refractivity contribution < 1.29 is 14.6 Å². The Balaban J connectivity index is 2.71. The predicted octanol–water partition coefficient (Wildman–Crippen LogP) is 4.17. The molecule has 0 unspecified atom stereocenters. The van der Waals surface area contributed by atoms with Gasteiger partial charge in [0.15, 0.2) is 0 Å². The van der Waals surface area contributed by atoms with Crippen LogP contribution in [0.1, 0.15) is 16.8 Å². The lowest BCUT2D eigenvalue weighted by Crippen LogP contribution is -2.18. The first kappa shape index (κ1) is 18.2. The fourth-order valence-electron chi connectivity index (χ4n) is 2.75. The maximum absolute atomic E-state index is 12.6. The second-order valence-corrected chi connectivity index (χ2v) is 11.2. The number of esters is 1. The average Bonchev–Trinajstić information content (AvgIpc) is 2.58. The summed E-state index contributed by atoms with van der Waals surface area (Å²) in [6, 6.07) is 13.2. The fourth-order valence-corrected chi connectivity index (χ4v) is 4.82. The van der Waals surface area contributed by atoms with Gasteiger partial charge in [0, 0.05) is 45.2 Å². The number of hydrogen-bond acceptors (Lipinski definition) is 4. The molecule has 0 fully saturated rings. The van der Waals surface area contributed by atoms with Crippen LogP contribution in [-0.4, -0.2) is 43.2 Å². The monoisotopic (exact) mass is 344 g/mol. The zero-order chi connectivity index (χ0) is 17.7. The Labute approximate surface area is 143 Å². The number of rotatable bonds is 5. The van der Waals surface area contributed by atoms with Crippen LogP contribution in [0, 0.1) is 0 Å². The van der Waals surface area contributed by atoms with Gasteiger partial charge in [-0.25, -0.2) is 4.79 Å². The van der Waals surface area contributed by atoms with Gasteiger partial charge in [0.1, 0.15) is 17.0 Å². The Morgan fingerprint density at radius 3 is 2.17 bits per heavy atom. The van der Waals surface area contributed by atoms with Crippen molar-refractivity contribution >= 4 is 19.0 Å². The number of carbonyl (C=O) groups excluding carboxylic acids is 1. The first-order valence-corrected chi connectivity index (χ1v) is 10.8. The maximum Gasteiger partial charge on any atom is 0.341 e. The van der Waals surface area contributed by atoms with E-state index in [4.69, 9.17) is 4.74 Å². The molecular formula is C19H23NO3P+. The number of methoxy groups -OCH3 is 1. The molecule has 0 saturated carbocycles. The third-order valence-electron chi connectivity index (χ3n) is 3.78. The quantitative estimate of drug-likeness (QED) is 0.383. The number of aliphatic hydroxyl groups excluding tert-OH is 1. The fraction of sp³-hybridized carbons (Fsp3) is 0.263. The summed E-state index contributed by atoms with van der Waals surface area (Å²) in [4.78, 5) is 16.5. The van der Waals surface area contributed by atoms with Gasteiger partial charge in [-0.3, -0.25) is 4.98 Å². The summed E-state index contributed by atoms with van der Waals surface area (Å²) in [6.07, 6.45) is 3.18. The van der Waals surface area contributed by atoms with Gasteiger partial charge in [0.2, 0.25) is 0 Å². The van der Waals surface area contributed by atoms with Gasteiger partial charge in [0.05, 0.1) is 7.11 Å². The Hall–Kier alpha value is -2.19. The number of nitrogens with zero attached hydrogens (tertiary/aromatic N) is 1. The molecule has 2 rings (SSSR count). The van der Waals surface area contributed by atoms with Crippen molar-refractivity contribution in [2.75, 3.05) is 27.1 Å². The number of aromatic nitrogens is 1. The first-order valence-electron chi connectivity index (χ1n) is 7.64. The summed E-state index contributed by atoms with van der Waals surface area (Å²) >= 11 is 0. The number of aliphatic hydroxyl groups is 1. The standard InChI is InChI=1S/C19H22NO3P/c1-23-19(22)16(17(21)14-10-12-20-13-11-14)18(24(2,3)4)15-8-6-5-7-9-15/h5-13,18H,1-4H3/p+1/t18-/m0/s1. The molecule has 1 aromatic carbocycles. The minimum absolute atomic E-state index is 0.0481. The molecule has 0 aliphatic rings. The second-order valence-electron chi connectivity index (χ2n) is 6.42. The third kappa shape index (κ3) is 4.01. The van der Waals surface area contributed by atoms with E-state index in [1.54, 1.807) is 24.5 Å². The number of benzene rings is 1. The highest BCUT2D eigenvalue weighted by molar-refractivity contribution is 7.74. The van der Waals surface area contributed by atoms with Crippen LogP contribution in [0.5, 0.6) is 0 Å². The molecule has 0 bridgehead atoms. The van der Waals surface area contributed by atoms with Crippen molar-refractivity contribution in [2.45, 2.75) is 5.66 Å². The van der Waals surface area contributed by atoms with E-state index in [0.29, 0.717) is 11.1 Å². The molecule has 1 heterocycles. The molecule has 0 amide bonds. The van der Waals surface area contributed by atoms with Crippen LogP contribution >= 0.6 is 7.26 Å². The maximum atomic E-state index is 12.6. The van der Waals surface area contributed by atoms with Gasteiger partial charge in [-0.05, 0) is 17.7 Å². The van der Waals surface area contributed by atoms with Crippen molar-refractivity contribution in [3.63, 3.8) is 0 Å². The summed E-state index contributed by atoms with van der Waals surface area (Å²) in [5.74, 6) is -0.555. The molecule has 1 aromatic heterocycles. The molecule has 126 valence electrons. The van der Waals surface area contributed by atoms with E-state index >= 15 is 0 Å². The van der Waals surface area contributed by atoms with Crippen molar-refractivity contribution in [1.82, 2.24) is 4.98 Å². The van der Waals surface area contributed by atoms with E-state index in [1.165, 1.54) is 7.11 Å². The van der Waals surface area contributed by atoms with E-state index < -0.39 is 13.2 Å². The van der Waals surface area contributed by atoms with Gasteiger partial charge >= 0.3 is 5.97 Å². The third-order valence-corrected chi connectivity index (χ3v) is 5.88. The smallest absolute Gasteiger partial charge is 0.341 e. The SMILES string of the molecule is COC(=O)/C(=C(/O)c1ccncc1)[C@H](c1ccccc1)[P+](C)(C)C. The molecular weight excluding hydrogens is 321 g/mol. The minimum atomic E-state index is -1.58. The molecule has 0 saturated heterocycles. The van der Waals surface area contributed by atoms with Crippen LogP contribution < -0.4 is 0 Å². The van der Waals surface area contributed by atoms with Gasteiger partial charge < -0.3 is 9.84 Å². The normalized spacial score (nSPS) is 13.8. The summed E-state index contributed by atoms with van der Waals surface area (Å²) in [5.41, 5.74) is 1.65. The van der Waals surface area contributed by atoms with Crippen LogP contribution in [0.2, 0.25) is 0 Å². The van der Waals surface area contributed by atoms with Crippen molar-refractivity contribution in [3.05, 3.63) is 71.6 Å². The lowest BCUT2D eigenvalue weighted by atomic mass is 10.0. The Kier molecular flexibility index (Phi) is 5.74. The van der Waals surface area contributed by atoms with Gasteiger partial charge in [-0.15, -0.1) is 0 Å². The summed E-state index contributed by atoms with van der Waals surface area (Å²) in [7, 11) is -0.241. The molecule has 5 heteroatoms. The number of ether oxygens (including phenoxy) is 1. The van der Waals surface area contributed by atoms with Crippen molar-refractivity contribution in [3.8, 4) is 0 Å². The predicted molar refractivity (Wildman–Crippen MR) is 99.7 cm³/mol. The number of hydrogen-bond donors (Lipinski definition) is 1. The highest BCUT2D eigenvalue weighted by Crippen LogP contribution is 2.64. The molecule has 0 spiro atoms. The van der Waals surface area contributed by atoms with E-state index in [-0.39, 0.29) is 11.4 Å². The zero-order valence-corrected chi connectivity index (χ0v) is 15.3. The highest BCUT2D eigenvalue weighted by atomic mass is 31.2. The Morgan fingerprint density at radius 1 is 1.08 bits per heavy atom. The zero-order valence-electron chi connectivity index (χ0n) is 14.4. The van der Waals surface area contributed by atoms with Gasteiger partial charge in [-0.2, -0.15) is 0 Å². The van der Waals surface area contributed by atoms with Gasteiger partial charge in [-0.1, -0.05) is 30.3 Å². The van der Waals surface area contributed by atoms with Crippen LogP contribution in [0.3, 0.4) is 0 Å². The van der Waals surface area contributed by atoms with E-state index in [1.807, 2.05) is 30.3 Å². The molecule has 1 atom stereocenters. The number of carbonyl (C=O) groups is 1. The molecule has 0 aliphatic carbocycles. The summed E-state index contributed by atoms with van der Waals surface area (Å²) in [6.45, 7) is 6.44. The van der Waals surface area contributed by atoms with Crippen molar-refractivity contribution in [2.24, 2.45) is 0 Å². The lowest BCUT2D eigenvalue weighted by molar-refractivity contribution is -0.136. The largest absolute Gasteiger partial charge is 0.507 e.